The third-order valence-electron chi connectivity index (χ3n) is 5.08. The number of aryl methyl sites for hydroxylation is 1. The van der Waals surface area contributed by atoms with Crippen LogP contribution >= 0.6 is 11.3 Å². The molecule has 3 aromatic rings. The number of hydrogen-bond acceptors (Lipinski definition) is 7. The van der Waals surface area contributed by atoms with Gasteiger partial charge in [-0.3, -0.25) is 14.2 Å². The summed E-state index contributed by atoms with van der Waals surface area (Å²) in [6.45, 7) is 3.96. The van der Waals surface area contributed by atoms with Gasteiger partial charge in [-0.1, -0.05) is 6.07 Å². The molecule has 1 aliphatic rings. The minimum atomic E-state index is -0.635. The Bertz CT molecular complexity index is 1120. The van der Waals surface area contributed by atoms with Gasteiger partial charge in [-0.25, -0.2) is 9.78 Å². The van der Waals surface area contributed by atoms with Crippen LogP contribution in [0.1, 0.15) is 46.8 Å². The quantitative estimate of drug-likeness (QED) is 0.595. The minimum absolute atomic E-state index is 0.0427. The predicted molar refractivity (Wildman–Crippen MR) is 107 cm³/mol. The Morgan fingerprint density at radius 3 is 2.97 bits per heavy atom. The van der Waals surface area contributed by atoms with E-state index in [1.165, 1.54) is 10.9 Å². The fraction of sp³-hybridized carbons (Fsp3) is 0.400. The maximum absolute atomic E-state index is 13.0. The molecule has 4 rings (SSSR count). The highest BCUT2D eigenvalue weighted by Crippen LogP contribution is 2.34. The third-order valence-corrected chi connectivity index (χ3v) is 6.06. The van der Waals surface area contributed by atoms with Gasteiger partial charge in [0.1, 0.15) is 29.6 Å². The first-order valence-electron chi connectivity index (χ1n) is 9.49. The normalized spacial score (nSPS) is 16.5. The molecule has 0 aliphatic carbocycles. The number of amides is 1. The zero-order chi connectivity index (χ0) is 20.5. The number of hydrogen-bond donors (Lipinski definition) is 0. The molecule has 1 saturated heterocycles. The lowest BCUT2D eigenvalue weighted by Gasteiger charge is -2.24. The van der Waals surface area contributed by atoms with Gasteiger partial charge in [0.05, 0.1) is 12.6 Å². The van der Waals surface area contributed by atoms with Crippen LogP contribution in [0.3, 0.4) is 0 Å². The second-order valence-electron chi connectivity index (χ2n) is 6.87. The number of fused-ring (bicyclic) bond motifs is 1. The zero-order valence-corrected chi connectivity index (χ0v) is 17.0. The molecule has 0 unspecified atom stereocenters. The lowest BCUT2D eigenvalue weighted by atomic mass is 10.2. The molecular formula is C20H21N3O5S. The van der Waals surface area contributed by atoms with Crippen molar-refractivity contribution < 1.29 is 18.7 Å². The summed E-state index contributed by atoms with van der Waals surface area (Å²) in [6, 6.07) is 4.04. The summed E-state index contributed by atoms with van der Waals surface area (Å²) < 4.78 is 11.7. The SMILES string of the molecule is CCOC(=O)c1c(C)oc2ncn(CC(=O)N3CCC[C@H]3c3cccs3)c(=O)c12. The van der Waals surface area contributed by atoms with E-state index in [0.29, 0.717) is 6.54 Å². The number of rotatable bonds is 5. The van der Waals surface area contributed by atoms with Crippen LogP contribution in [0.5, 0.6) is 0 Å². The van der Waals surface area contributed by atoms with E-state index in [1.54, 1.807) is 25.2 Å². The van der Waals surface area contributed by atoms with Crippen molar-refractivity contribution in [3.05, 3.63) is 50.4 Å². The van der Waals surface area contributed by atoms with Crippen molar-refractivity contribution in [3.63, 3.8) is 0 Å². The molecule has 0 saturated carbocycles. The van der Waals surface area contributed by atoms with Crippen LogP contribution < -0.4 is 5.56 Å². The molecule has 0 bridgehead atoms. The van der Waals surface area contributed by atoms with Gasteiger partial charge in [0.25, 0.3) is 5.56 Å². The monoisotopic (exact) mass is 415 g/mol. The van der Waals surface area contributed by atoms with Gasteiger partial charge in [0.2, 0.25) is 11.6 Å². The number of aromatic nitrogens is 2. The van der Waals surface area contributed by atoms with Crippen molar-refractivity contribution in [2.75, 3.05) is 13.2 Å². The Labute approximate surface area is 170 Å². The van der Waals surface area contributed by atoms with Crippen molar-refractivity contribution >= 4 is 34.3 Å². The van der Waals surface area contributed by atoms with Crippen molar-refractivity contribution in [2.24, 2.45) is 0 Å². The van der Waals surface area contributed by atoms with Gasteiger partial charge in [-0.05, 0) is 38.1 Å². The summed E-state index contributed by atoms with van der Waals surface area (Å²) in [5, 5.41) is 2.05. The number of furan rings is 1. The average Bonchev–Trinajstić information content (AvgIpc) is 3.42. The lowest BCUT2D eigenvalue weighted by molar-refractivity contribution is -0.132. The summed E-state index contributed by atoms with van der Waals surface area (Å²) in [4.78, 5) is 45.4. The van der Waals surface area contributed by atoms with Gasteiger partial charge < -0.3 is 14.1 Å². The van der Waals surface area contributed by atoms with Crippen molar-refractivity contribution in [1.29, 1.82) is 0 Å². The van der Waals surface area contributed by atoms with Crippen LogP contribution in [0, 0.1) is 6.92 Å². The largest absolute Gasteiger partial charge is 0.462 e. The summed E-state index contributed by atoms with van der Waals surface area (Å²) >= 11 is 1.63. The van der Waals surface area contributed by atoms with Crippen LogP contribution in [-0.2, 0) is 16.1 Å². The summed E-state index contributed by atoms with van der Waals surface area (Å²) in [6.07, 6.45) is 3.12. The molecule has 1 atom stereocenters. The first-order valence-corrected chi connectivity index (χ1v) is 10.4. The Morgan fingerprint density at radius 1 is 1.41 bits per heavy atom. The summed E-state index contributed by atoms with van der Waals surface area (Å²) in [5.74, 6) is -0.518. The zero-order valence-electron chi connectivity index (χ0n) is 16.2. The van der Waals surface area contributed by atoms with Gasteiger partial charge in [-0.2, -0.15) is 0 Å². The molecule has 4 heterocycles. The predicted octanol–water partition coefficient (Wildman–Crippen LogP) is 2.90. The van der Waals surface area contributed by atoms with Crippen LogP contribution in [0.4, 0.5) is 0 Å². The molecule has 0 N–H and O–H groups in total. The molecular weight excluding hydrogens is 394 g/mol. The molecule has 0 spiro atoms. The topological polar surface area (TPSA) is 94.6 Å². The van der Waals surface area contributed by atoms with Gasteiger partial charge in [0, 0.05) is 11.4 Å². The summed E-state index contributed by atoms with van der Waals surface area (Å²) in [7, 11) is 0. The van der Waals surface area contributed by atoms with Crippen LogP contribution in [0.15, 0.2) is 33.1 Å². The van der Waals surface area contributed by atoms with Gasteiger partial charge in [-0.15, -0.1) is 11.3 Å². The Kier molecular flexibility index (Phi) is 5.23. The van der Waals surface area contributed by atoms with Crippen LogP contribution in [0.25, 0.3) is 11.1 Å². The summed E-state index contributed by atoms with van der Waals surface area (Å²) in [5.41, 5.74) is -0.356. The Morgan fingerprint density at radius 2 is 2.24 bits per heavy atom. The highest BCUT2D eigenvalue weighted by atomic mass is 32.1. The standard InChI is InChI=1S/C20H21N3O5S/c1-3-27-20(26)16-12(2)28-18-17(16)19(25)22(11-21-18)10-15(24)23-8-4-6-13(23)14-7-5-9-29-14/h5,7,9,11,13H,3-4,6,8,10H2,1-2H3/t13-/m0/s1. The van der Waals surface area contributed by atoms with Crippen molar-refractivity contribution in [1.82, 2.24) is 14.5 Å². The van der Waals surface area contributed by atoms with E-state index in [9.17, 15) is 14.4 Å². The third kappa shape index (κ3) is 3.46. The number of nitrogens with zero attached hydrogens (tertiary/aromatic N) is 3. The van der Waals surface area contributed by atoms with Crippen LogP contribution in [-0.4, -0.2) is 39.5 Å². The maximum atomic E-state index is 13.0. The lowest BCUT2D eigenvalue weighted by Crippen LogP contribution is -2.36. The molecule has 29 heavy (non-hydrogen) atoms. The van der Waals surface area contributed by atoms with E-state index in [1.807, 2.05) is 22.4 Å². The van der Waals surface area contributed by atoms with Gasteiger partial charge in [0.15, 0.2) is 0 Å². The number of thiophene rings is 1. The highest BCUT2D eigenvalue weighted by molar-refractivity contribution is 7.10. The maximum Gasteiger partial charge on any atom is 0.342 e. The molecule has 152 valence electrons. The van der Waals surface area contributed by atoms with Gasteiger partial charge >= 0.3 is 5.97 Å². The minimum Gasteiger partial charge on any atom is -0.462 e. The molecule has 9 heteroatoms. The molecule has 3 aromatic heterocycles. The van der Waals surface area contributed by atoms with E-state index in [2.05, 4.69) is 4.98 Å². The highest BCUT2D eigenvalue weighted by Gasteiger charge is 2.31. The van der Waals surface area contributed by atoms with E-state index in [4.69, 9.17) is 9.15 Å². The fourth-order valence-corrected chi connectivity index (χ4v) is 4.65. The first kappa shape index (κ1) is 19.4. The molecule has 1 amide bonds. The first-order chi connectivity index (χ1) is 14.0. The molecule has 0 radical (unpaired) electrons. The molecule has 8 nitrogen and oxygen atoms in total. The second kappa shape index (κ2) is 7.82. The van der Waals surface area contributed by atoms with E-state index in [-0.39, 0.29) is 47.5 Å². The second-order valence-corrected chi connectivity index (χ2v) is 7.85. The Hall–Kier alpha value is -2.94. The van der Waals surface area contributed by atoms with E-state index < -0.39 is 11.5 Å². The van der Waals surface area contributed by atoms with Crippen LogP contribution in [0.2, 0.25) is 0 Å². The number of carbonyl (C=O) groups is 2. The number of likely N-dealkylation sites (tertiary alicyclic amines) is 1. The number of esters is 1. The molecule has 0 aromatic carbocycles. The van der Waals surface area contributed by atoms with Crippen molar-refractivity contribution in [2.45, 2.75) is 39.3 Å². The van der Waals surface area contributed by atoms with E-state index in [0.717, 1.165) is 17.7 Å². The van der Waals surface area contributed by atoms with Crippen molar-refractivity contribution in [3.8, 4) is 0 Å². The van der Waals surface area contributed by atoms with E-state index >= 15 is 0 Å². The molecule has 1 aliphatic heterocycles. The molecule has 1 fully saturated rings. The number of ether oxygens (including phenoxy) is 1. The average molecular weight is 415 g/mol. The smallest absolute Gasteiger partial charge is 0.342 e. The fourth-order valence-electron chi connectivity index (χ4n) is 3.78. The number of carbonyl (C=O) groups excluding carboxylic acids is 2. The Balaban J connectivity index is 1.65.